The van der Waals surface area contributed by atoms with E-state index >= 15 is 0 Å². The predicted octanol–water partition coefficient (Wildman–Crippen LogP) is 2.49. The van der Waals surface area contributed by atoms with Crippen LogP contribution in [0.5, 0.6) is 0 Å². The van der Waals surface area contributed by atoms with E-state index in [1.807, 2.05) is 13.0 Å². The van der Waals surface area contributed by atoms with Gasteiger partial charge in [-0.25, -0.2) is 4.39 Å². The fraction of sp³-hybridized carbons (Fsp3) is 0.100. The molecule has 1 N–H and O–H groups in total. The second kappa shape index (κ2) is 2.60. The maximum Gasteiger partial charge on any atom is 0.125 e. The second-order valence-corrected chi connectivity index (χ2v) is 2.98. The van der Waals surface area contributed by atoms with Gasteiger partial charge in [-0.05, 0) is 30.7 Å². The van der Waals surface area contributed by atoms with E-state index in [2.05, 4.69) is 4.98 Å². The van der Waals surface area contributed by atoms with Gasteiger partial charge in [0.15, 0.2) is 0 Å². The van der Waals surface area contributed by atoms with E-state index in [-0.39, 0.29) is 5.82 Å². The van der Waals surface area contributed by atoms with Gasteiger partial charge >= 0.3 is 0 Å². The van der Waals surface area contributed by atoms with E-state index in [1.54, 1.807) is 6.07 Å². The predicted molar refractivity (Wildman–Crippen MR) is 47.7 cm³/mol. The average Bonchev–Trinajstić information content (AvgIpc) is 2.47. The van der Waals surface area contributed by atoms with Gasteiger partial charge in [-0.3, -0.25) is 0 Å². The highest BCUT2D eigenvalue weighted by molar-refractivity contribution is 5.84. The van der Waals surface area contributed by atoms with Gasteiger partial charge in [-0.1, -0.05) is 0 Å². The Balaban J connectivity index is 2.84. The standard InChI is InChI=1S/C10H7FN2/c1-6-2-7(11)3-10-9(6)4-8(5-12)13-10/h2-4,13H,1H3. The van der Waals surface area contributed by atoms with Gasteiger partial charge < -0.3 is 4.98 Å². The molecular weight excluding hydrogens is 167 g/mol. The number of fused-ring (bicyclic) bond motifs is 1. The molecule has 2 rings (SSSR count). The van der Waals surface area contributed by atoms with Gasteiger partial charge in [0.25, 0.3) is 0 Å². The van der Waals surface area contributed by atoms with Crippen molar-refractivity contribution < 1.29 is 4.39 Å². The molecule has 2 nitrogen and oxygen atoms in total. The highest BCUT2D eigenvalue weighted by Gasteiger charge is 2.04. The molecule has 0 saturated carbocycles. The van der Waals surface area contributed by atoms with Gasteiger partial charge in [0.2, 0.25) is 0 Å². The quantitative estimate of drug-likeness (QED) is 0.654. The molecule has 0 fully saturated rings. The van der Waals surface area contributed by atoms with Gasteiger partial charge in [0.05, 0.1) is 0 Å². The minimum atomic E-state index is -0.281. The molecule has 1 aromatic heterocycles. The Bertz CT molecular complexity index is 505. The number of aromatic amines is 1. The number of halogens is 1. The zero-order chi connectivity index (χ0) is 9.42. The number of aromatic nitrogens is 1. The van der Waals surface area contributed by atoms with E-state index in [0.29, 0.717) is 11.2 Å². The van der Waals surface area contributed by atoms with Crippen LogP contribution in [0, 0.1) is 24.1 Å². The molecule has 0 bridgehead atoms. The number of benzene rings is 1. The molecule has 0 aliphatic rings. The van der Waals surface area contributed by atoms with E-state index in [4.69, 9.17) is 5.26 Å². The van der Waals surface area contributed by atoms with Crippen LogP contribution in [0.4, 0.5) is 4.39 Å². The van der Waals surface area contributed by atoms with Crippen molar-refractivity contribution in [3.8, 4) is 6.07 Å². The van der Waals surface area contributed by atoms with Crippen molar-refractivity contribution in [1.82, 2.24) is 4.98 Å². The molecule has 13 heavy (non-hydrogen) atoms. The molecule has 1 heterocycles. The second-order valence-electron chi connectivity index (χ2n) is 2.98. The Morgan fingerprint density at radius 3 is 2.85 bits per heavy atom. The van der Waals surface area contributed by atoms with Crippen LogP contribution in [0.2, 0.25) is 0 Å². The summed E-state index contributed by atoms with van der Waals surface area (Å²) in [6.07, 6.45) is 0. The summed E-state index contributed by atoms with van der Waals surface area (Å²) in [5.74, 6) is -0.281. The monoisotopic (exact) mass is 174 g/mol. The van der Waals surface area contributed by atoms with E-state index in [9.17, 15) is 4.39 Å². The highest BCUT2D eigenvalue weighted by atomic mass is 19.1. The lowest BCUT2D eigenvalue weighted by Crippen LogP contribution is -1.78. The molecule has 2 aromatic rings. The van der Waals surface area contributed by atoms with Crippen molar-refractivity contribution in [2.24, 2.45) is 0 Å². The molecule has 64 valence electrons. The highest BCUT2D eigenvalue weighted by Crippen LogP contribution is 2.20. The number of nitriles is 1. The van der Waals surface area contributed by atoms with Gasteiger partial charge in [-0.15, -0.1) is 0 Å². The first-order valence-electron chi connectivity index (χ1n) is 3.89. The minimum absolute atomic E-state index is 0.281. The maximum absolute atomic E-state index is 12.9. The first kappa shape index (κ1) is 7.81. The molecule has 1 aromatic carbocycles. The van der Waals surface area contributed by atoms with Crippen LogP contribution in [-0.4, -0.2) is 4.98 Å². The van der Waals surface area contributed by atoms with E-state index in [1.165, 1.54) is 12.1 Å². The van der Waals surface area contributed by atoms with Crippen molar-refractivity contribution in [2.45, 2.75) is 6.92 Å². The molecule has 0 radical (unpaired) electrons. The Labute approximate surface area is 74.6 Å². The summed E-state index contributed by atoms with van der Waals surface area (Å²) in [5, 5.41) is 9.52. The minimum Gasteiger partial charge on any atom is -0.346 e. The summed E-state index contributed by atoms with van der Waals surface area (Å²) < 4.78 is 12.9. The molecule has 0 spiro atoms. The van der Waals surface area contributed by atoms with E-state index < -0.39 is 0 Å². The van der Waals surface area contributed by atoms with Gasteiger partial charge in [-0.2, -0.15) is 5.26 Å². The largest absolute Gasteiger partial charge is 0.346 e. The first-order chi connectivity index (χ1) is 6.20. The molecule has 0 amide bonds. The lowest BCUT2D eigenvalue weighted by molar-refractivity contribution is 0.628. The SMILES string of the molecule is Cc1cc(F)cc2[nH]c(C#N)cc12. The van der Waals surface area contributed by atoms with Crippen LogP contribution in [0.15, 0.2) is 18.2 Å². The van der Waals surface area contributed by atoms with Crippen LogP contribution in [0.1, 0.15) is 11.3 Å². The van der Waals surface area contributed by atoms with Crippen molar-refractivity contribution in [3.05, 3.63) is 35.3 Å². The third-order valence-electron chi connectivity index (χ3n) is 2.03. The molecule has 0 aliphatic heterocycles. The van der Waals surface area contributed by atoms with Gasteiger partial charge in [0, 0.05) is 10.9 Å². The van der Waals surface area contributed by atoms with Crippen LogP contribution in [0.3, 0.4) is 0 Å². The normalized spacial score (nSPS) is 10.2. The Hall–Kier alpha value is -1.82. The number of hydrogen-bond acceptors (Lipinski definition) is 1. The Morgan fingerprint density at radius 2 is 2.15 bits per heavy atom. The third-order valence-corrected chi connectivity index (χ3v) is 2.03. The first-order valence-corrected chi connectivity index (χ1v) is 3.89. The third kappa shape index (κ3) is 1.17. The Kier molecular flexibility index (Phi) is 1.56. The zero-order valence-corrected chi connectivity index (χ0v) is 7.06. The van der Waals surface area contributed by atoms with Crippen LogP contribution in [0.25, 0.3) is 10.9 Å². The summed E-state index contributed by atoms with van der Waals surface area (Å²) in [5.41, 5.74) is 1.98. The zero-order valence-electron chi connectivity index (χ0n) is 7.06. The molecule has 0 aliphatic carbocycles. The fourth-order valence-corrected chi connectivity index (χ4v) is 1.44. The van der Waals surface area contributed by atoms with Crippen molar-refractivity contribution in [1.29, 1.82) is 5.26 Å². The van der Waals surface area contributed by atoms with E-state index in [0.717, 1.165) is 10.9 Å². The molecular formula is C10H7FN2. The maximum atomic E-state index is 12.9. The summed E-state index contributed by atoms with van der Waals surface area (Å²) in [4.78, 5) is 2.83. The molecule has 0 unspecified atom stereocenters. The van der Waals surface area contributed by atoms with Crippen LogP contribution >= 0.6 is 0 Å². The van der Waals surface area contributed by atoms with Crippen molar-refractivity contribution in [3.63, 3.8) is 0 Å². The topological polar surface area (TPSA) is 39.6 Å². The number of H-pyrrole nitrogens is 1. The van der Waals surface area contributed by atoms with Gasteiger partial charge in [0.1, 0.15) is 17.6 Å². The number of nitrogens with one attached hydrogen (secondary N) is 1. The number of rotatable bonds is 0. The lowest BCUT2D eigenvalue weighted by atomic mass is 10.1. The lowest BCUT2D eigenvalue weighted by Gasteiger charge is -1.94. The summed E-state index contributed by atoms with van der Waals surface area (Å²) in [6.45, 7) is 1.82. The van der Waals surface area contributed by atoms with Crippen molar-refractivity contribution >= 4 is 10.9 Å². The number of aryl methyl sites for hydroxylation is 1. The summed E-state index contributed by atoms with van der Waals surface area (Å²) in [7, 11) is 0. The number of nitrogens with zero attached hydrogens (tertiary/aromatic N) is 1. The molecule has 0 saturated heterocycles. The summed E-state index contributed by atoms with van der Waals surface area (Å²) >= 11 is 0. The fourth-order valence-electron chi connectivity index (χ4n) is 1.44. The summed E-state index contributed by atoms with van der Waals surface area (Å²) in [6, 6.07) is 6.56. The van der Waals surface area contributed by atoms with Crippen molar-refractivity contribution in [2.75, 3.05) is 0 Å². The Morgan fingerprint density at radius 1 is 1.38 bits per heavy atom. The molecule has 3 heteroatoms. The molecule has 0 atom stereocenters. The average molecular weight is 174 g/mol. The number of hydrogen-bond donors (Lipinski definition) is 1. The smallest absolute Gasteiger partial charge is 0.125 e. The van der Waals surface area contributed by atoms with Crippen LogP contribution < -0.4 is 0 Å². The van der Waals surface area contributed by atoms with Crippen LogP contribution in [-0.2, 0) is 0 Å².